The first-order chi connectivity index (χ1) is 11.7. The molecule has 0 saturated heterocycles. The molecule has 2 rings (SSSR count). The van der Waals surface area contributed by atoms with Gasteiger partial charge in [0.25, 0.3) is 0 Å². The lowest BCUT2D eigenvalue weighted by Gasteiger charge is -2.28. The number of carbonyl (C=O) groups is 1. The number of halogens is 1. The van der Waals surface area contributed by atoms with E-state index in [-0.39, 0.29) is 5.91 Å². The van der Waals surface area contributed by atoms with E-state index in [1.54, 1.807) is 31.2 Å². The van der Waals surface area contributed by atoms with Gasteiger partial charge in [-0.15, -0.1) is 0 Å². The summed E-state index contributed by atoms with van der Waals surface area (Å²) in [5.74, 6) is -0.373. The van der Waals surface area contributed by atoms with E-state index in [0.29, 0.717) is 17.3 Å². The van der Waals surface area contributed by atoms with Crippen LogP contribution in [0.5, 0.6) is 0 Å². The summed E-state index contributed by atoms with van der Waals surface area (Å²) >= 11 is 5.86. The number of hydrogen-bond acceptors (Lipinski definition) is 3. The van der Waals surface area contributed by atoms with Crippen LogP contribution in [-0.4, -0.2) is 26.6 Å². The number of sulfonamides is 1. The lowest BCUT2D eigenvalue weighted by molar-refractivity contribution is -0.122. The first-order valence-corrected chi connectivity index (χ1v) is 9.99. The zero-order valence-electron chi connectivity index (χ0n) is 14.4. The second-order valence-corrected chi connectivity index (χ2v) is 8.21. The summed E-state index contributed by atoms with van der Waals surface area (Å²) < 4.78 is 25.5. The Morgan fingerprint density at radius 2 is 1.84 bits per heavy atom. The number of nitrogens with one attached hydrogen (secondary N) is 1. The lowest BCUT2D eigenvalue weighted by Crippen LogP contribution is -2.47. The van der Waals surface area contributed by atoms with Crippen LogP contribution >= 0.6 is 11.6 Å². The van der Waals surface area contributed by atoms with Gasteiger partial charge in [0, 0.05) is 11.6 Å². The van der Waals surface area contributed by atoms with Crippen molar-refractivity contribution in [3.8, 4) is 0 Å². The third kappa shape index (κ3) is 5.21. The third-order valence-corrected chi connectivity index (χ3v) is 5.21. The Balaban J connectivity index is 2.17. The van der Waals surface area contributed by atoms with Crippen LogP contribution in [0.3, 0.4) is 0 Å². The zero-order chi connectivity index (χ0) is 18.6. The van der Waals surface area contributed by atoms with Crippen molar-refractivity contribution in [2.24, 2.45) is 0 Å². The first-order valence-electron chi connectivity index (χ1n) is 7.76. The SMILES string of the molecule is Cc1cccc(CNC(=O)[C@@H](C)N(c2ccc(Cl)cc2)S(C)(=O)=O)c1. The highest BCUT2D eigenvalue weighted by Gasteiger charge is 2.28. The molecular weight excluding hydrogens is 360 g/mol. The molecule has 1 amide bonds. The minimum Gasteiger partial charge on any atom is -0.350 e. The van der Waals surface area contributed by atoms with E-state index in [1.807, 2.05) is 31.2 Å². The fourth-order valence-corrected chi connectivity index (χ4v) is 3.86. The standard InChI is InChI=1S/C18H21ClN2O3S/c1-13-5-4-6-15(11-13)12-20-18(22)14(2)21(25(3,23)24)17-9-7-16(19)8-10-17/h4-11,14H,12H2,1-3H3,(H,20,22)/t14-/m1/s1. The normalized spacial score (nSPS) is 12.5. The van der Waals surface area contributed by atoms with Crippen LogP contribution < -0.4 is 9.62 Å². The van der Waals surface area contributed by atoms with Crippen LogP contribution in [0.25, 0.3) is 0 Å². The van der Waals surface area contributed by atoms with Crippen molar-refractivity contribution in [1.82, 2.24) is 5.32 Å². The Morgan fingerprint density at radius 1 is 1.20 bits per heavy atom. The summed E-state index contributed by atoms with van der Waals surface area (Å²) in [6.45, 7) is 3.87. The van der Waals surface area contributed by atoms with Gasteiger partial charge in [0.05, 0.1) is 11.9 Å². The summed E-state index contributed by atoms with van der Waals surface area (Å²) in [7, 11) is -3.64. The predicted molar refractivity (Wildman–Crippen MR) is 101 cm³/mol. The number of aryl methyl sites for hydroxylation is 1. The minimum atomic E-state index is -3.64. The van der Waals surface area contributed by atoms with Gasteiger partial charge < -0.3 is 5.32 Å². The number of hydrogen-bond donors (Lipinski definition) is 1. The molecule has 0 aliphatic heterocycles. The first kappa shape index (κ1) is 19.3. The summed E-state index contributed by atoms with van der Waals surface area (Å²) in [5.41, 5.74) is 2.45. The largest absolute Gasteiger partial charge is 0.350 e. The van der Waals surface area contributed by atoms with Crippen LogP contribution in [-0.2, 0) is 21.4 Å². The molecule has 0 radical (unpaired) electrons. The molecule has 0 bridgehead atoms. The van der Waals surface area contributed by atoms with Gasteiger partial charge >= 0.3 is 0 Å². The molecule has 0 spiro atoms. The maximum atomic E-state index is 12.5. The van der Waals surface area contributed by atoms with Crippen LogP contribution in [0.1, 0.15) is 18.1 Å². The molecule has 2 aromatic carbocycles. The lowest BCUT2D eigenvalue weighted by atomic mass is 10.1. The molecule has 0 unspecified atom stereocenters. The minimum absolute atomic E-state index is 0.336. The Labute approximate surface area is 153 Å². The topological polar surface area (TPSA) is 66.5 Å². The molecule has 0 aliphatic rings. The van der Waals surface area contributed by atoms with Gasteiger partial charge in [-0.1, -0.05) is 41.4 Å². The van der Waals surface area contributed by atoms with Gasteiger partial charge in [-0.3, -0.25) is 9.10 Å². The third-order valence-electron chi connectivity index (χ3n) is 3.72. The average Bonchev–Trinajstić information content (AvgIpc) is 2.53. The highest BCUT2D eigenvalue weighted by atomic mass is 35.5. The molecule has 2 aromatic rings. The molecule has 0 fully saturated rings. The number of rotatable bonds is 6. The van der Waals surface area contributed by atoms with E-state index >= 15 is 0 Å². The van der Waals surface area contributed by atoms with Crippen molar-refractivity contribution in [2.75, 3.05) is 10.6 Å². The van der Waals surface area contributed by atoms with E-state index in [9.17, 15) is 13.2 Å². The fourth-order valence-electron chi connectivity index (χ4n) is 2.56. The van der Waals surface area contributed by atoms with Gasteiger partial charge in [0.2, 0.25) is 15.9 Å². The number of anilines is 1. The van der Waals surface area contributed by atoms with Crippen LogP contribution in [0, 0.1) is 6.92 Å². The smallest absolute Gasteiger partial charge is 0.243 e. The molecule has 25 heavy (non-hydrogen) atoms. The second-order valence-electron chi connectivity index (χ2n) is 5.92. The van der Waals surface area contributed by atoms with Crippen molar-refractivity contribution < 1.29 is 13.2 Å². The molecule has 0 aliphatic carbocycles. The maximum absolute atomic E-state index is 12.5. The average molecular weight is 381 g/mol. The maximum Gasteiger partial charge on any atom is 0.243 e. The van der Waals surface area contributed by atoms with E-state index in [2.05, 4.69) is 5.32 Å². The molecule has 5 nitrogen and oxygen atoms in total. The Bertz CT molecular complexity index is 851. The number of amides is 1. The molecule has 0 saturated carbocycles. The summed E-state index contributed by atoms with van der Waals surface area (Å²) in [6.07, 6.45) is 1.08. The fraction of sp³-hybridized carbons (Fsp3) is 0.278. The summed E-state index contributed by atoms with van der Waals surface area (Å²) in [6, 6.07) is 13.2. The van der Waals surface area contributed by atoms with Crippen LogP contribution in [0.4, 0.5) is 5.69 Å². The van der Waals surface area contributed by atoms with E-state index in [4.69, 9.17) is 11.6 Å². The van der Waals surface area contributed by atoms with E-state index in [1.165, 1.54) is 0 Å². The van der Waals surface area contributed by atoms with Crippen molar-refractivity contribution in [1.29, 1.82) is 0 Å². The van der Waals surface area contributed by atoms with Crippen molar-refractivity contribution in [3.05, 3.63) is 64.7 Å². The molecule has 134 valence electrons. The quantitative estimate of drug-likeness (QED) is 0.837. The van der Waals surface area contributed by atoms with Crippen LogP contribution in [0.15, 0.2) is 48.5 Å². The van der Waals surface area contributed by atoms with Crippen molar-refractivity contribution in [3.63, 3.8) is 0 Å². The van der Waals surface area contributed by atoms with Gasteiger partial charge in [-0.05, 0) is 43.7 Å². The molecule has 0 aromatic heterocycles. The Kier molecular flexibility index (Phi) is 6.08. The number of nitrogens with zero attached hydrogens (tertiary/aromatic N) is 1. The van der Waals surface area contributed by atoms with Crippen molar-refractivity contribution >= 4 is 33.2 Å². The highest BCUT2D eigenvalue weighted by molar-refractivity contribution is 7.92. The van der Waals surface area contributed by atoms with Crippen LogP contribution in [0.2, 0.25) is 5.02 Å². The van der Waals surface area contributed by atoms with Gasteiger partial charge in [-0.2, -0.15) is 0 Å². The highest BCUT2D eigenvalue weighted by Crippen LogP contribution is 2.23. The molecule has 1 atom stereocenters. The number of carbonyl (C=O) groups excluding carboxylic acids is 1. The summed E-state index contributed by atoms with van der Waals surface area (Å²) in [4.78, 5) is 12.5. The van der Waals surface area contributed by atoms with Gasteiger partial charge in [0.1, 0.15) is 6.04 Å². The van der Waals surface area contributed by atoms with Crippen molar-refractivity contribution in [2.45, 2.75) is 26.4 Å². The monoisotopic (exact) mass is 380 g/mol. The van der Waals surface area contributed by atoms with E-state index < -0.39 is 16.1 Å². The Hall–Kier alpha value is -2.05. The molecular formula is C18H21ClN2O3S. The summed E-state index contributed by atoms with van der Waals surface area (Å²) in [5, 5.41) is 3.28. The van der Waals surface area contributed by atoms with Gasteiger partial charge in [-0.25, -0.2) is 8.42 Å². The number of benzene rings is 2. The zero-order valence-corrected chi connectivity index (χ0v) is 15.9. The Morgan fingerprint density at radius 3 is 2.40 bits per heavy atom. The van der Waals surface area contributed by atoms with E-state index in [0.717, 1.165) is 21.7 Å². The predicted octanol–water partition coefficient (Wildman–Crippen LogP) is 3.12. The second kappa shape index (κ2) is 7.89. The molecule has 1 N–H and O–H groups in total. The molecule has 7 heteroatoms. The molecule has 0 heterocycles. The van der Waals surface area contributed by atoms with Gasteiger partial charge in [0.15, 0.2) is 0 Å².